The van der Waals surface area contributed by atoms with Gasteiger partial charge in [0, 0.05) is 0 Å². The van der Waals surface area contributed by atoms with Crippen molar-refractivity contribution in [2.75, 3.05) is 0 Å². The quantitative estimate of drug-likeness (QED) is 0.832. The van der Waals surface area contributed by atoms with Crippen LogP contribution >= 0.6 is 0 Å². The van der Waals surface area contributed by atoms with Crippen LogP contribution in [0, 0.1) is 17.8 Å². The highest BCUT2D eigenvalue weighted by Gasteiger charge is 2.54. The van der Waals surface area contributed by atoms with E-state index in [4.69, 9.17) is 0 Å². The molecule has 134 valence electrons. The molecule has 4 rings (SSSR count). The van der Waals surface area contributed by atoms with Crippen molar-refractivity contribution in [3.8, 4) is 0 Å². The fourth-order valence-electron chi connectivity index (χ4n) is 5.59. The maximum atomic E-state index is 11.7. The first-order chi connectivity index (χ1) is 11.9. The van der Waals surface area contributed by atoms with E-state index in [1.54, 1.807) is 0 Å². The van der Waals surface area contributed by atoms with E-state index < -0.39 is 11.2 Å². The standard InChI is InChI=1S/C23H30O2/c1-16-7-10-20-11-12-22(2,24)15-21(23(16,20)25)14-17-8-9-18-5-3-4-6-19(18)13-17/h3-6,8-9,13,16,20-21,24-25H,7,10-12,14-15H2,1-2H3/t16-,20+,21-,22+,23+/m1/s1. The molecule has 2 nitrogen and oxygen atoms in total. The molecule has 2 aromatic carbocycles. The first kappa shape index (κ1) is 17.1. The van der Waals surface area contributed by atoms with Gasteiger partial charge >= 0.3 is 0 Å². The van der Waals surface area contributed by atoms with Crippen molar-refractivity contribution in [1.82, 2.24) is 0 Å². The predicted molar refractivity (Wildman–Crippen MR) is 102 cm³/mol. The van der Waals surface area contributed by atoms with Crippen LogP contribution in [0.4, 0.5) is 0 Å². The second-order valence-corrected chi connectivity index (χ2v) is 8.88. The number of aliphatic hydroxyl groups is 2. The third-order valence-corrected chi connectivity index (χ3v) is 7.06. The molecule has 2 aliphatic carbocycles. The second-order valence-electron chi connectivity index (χ2n) is 8.88. The molecule has 0 saturated heterocycles. The normalized spacial score (nSPS) is 38.5. The lowest BCUT2D eigenvalue weighted by molar-refractivity contribution is -0.0893. The topological polar surface area (TPSA) is 40.5 Å². The first-order valence-corrected chi connectivity index (χ1v) is 9.81. The minimum atomic E-state index is -0.665. The zero-order valence-corrected chi connectivity index (χ0v) is 15.4. The van der Waals surface area contributed by atoms with Gasteiger partial charge in [-0.25, -0.2) is 0 Å². The molecule has 2 N–H and O–H groups in total. The first-order valence-electron chi connectivity index (χ1n) is 9.81. The van der Waals surface area contributed by atoms with E-state index >= 15 is 0 Å². The summed E-state index contributed by atoms with van der Waals surface area (Å²) < 4.78 is 0. The van der Waals surface area contributed by atoms with Gasteiger partial charge in [0.2, 0.25) is 0 Å². The Morgan fingerprint density at radius 2 is 1.76 bits per heavy atom. The molecule has 5 atom stereocenters. The van der Waals surface area contributed by atoms with Crippen LogP contribution in [0.2, 0.25) is 0 Å². The Morgan fingerprint density at radius 1 is 1.00 bits per heavy atom. The lowest BCUT2D eigenvalue weighted by Gasteiger charge is -2.41. The van der Waals surface area contributed by atoms with E-state index in [0.29, 0.717) is 18.3 Å². The predicted octanol–water partition coefficient (Wildman–Crippen LogP) is 4.71. The van der Waals surface area contributed by atoms with Crippen LogP contribution in [-0.4, -0.2) is 21.4 Å². The average molecular weight is 338 g/mol. The number of rotatable bonds is 2. The van der Waals surface area contributed by atoms with Gasteiger partial charge in [-0.2, -0.15) is 0 Å². The van der Waals surface area contributed by atoms with E-state index in [0.717, 1.165) is 32.1 Å². The summed E-state index contributed by atoms with van der Waals surface area (Å²) in [5.41, 5.74) is -0.0272. The van der Waals surface area contributed by atoms with Gasteiger partial charge in [-0.05, 0) is 79.5 Å². The van der Waals surface area contributed by atoms with E-state index in [-0.39, 0.29) is 5.92 Å². The molecular weight excluding hydrogens is 308 g/mol. The van der Waals surface area contributed by atoms with Crippen molar-refractivity contribution in [1.29, 1.82) is 0 Å². The largest absolute Gasteiger partial charge is 0.390 e. The molecule has 0 aromatic heterocycles. The monoisotopic (exact) mass is 338 g/mol. The van der Waals surface area contributed by atoms with Crippen LogP contribution in [0.15, 0.2) is 42.5 Å². The highest BCUT2D eigenvalue weighted by atomic mass is 16.3. The summed E-state index contributed by atoms with van der Waals surface area (Å²) in [6.07, 6.45) is 5.50. The number of benzene rings is 2. The highest BCUT2D eigenvalue weighted by molar-refractivity contribution is 5.83. The van der Waals surface area contributed by atoms with Gasteiger partial charge in [-0.1, -0.05) is 49.4 Å². The van der Waals surface area contributed by atoms with E-state index in [2.05, 4.69) is 49.4 Å². The van der Waals surface area contributed by atoms with E-state index in [1.807, 2.05) is 6.92 Å². The molecule has 0 heterocycles. The van der Waals surface area contributed by atoms with Crippen LogP contribution in [0.3, 0.4) is 0 Å². The minimum Gasteiger partial charge on any atom is -0.390 e. The fraction of sp³-hybridized carbons (Fsp3) is 0.565. The SMILES string of the molecule is C[C@@H]1CC[C@H]2CC[C@](C)(O)C[C@@H](Cc3ccc4ccccc4c3)[C@@]21O. The van der Waals surface area contributed by atoms with Gasteiger partial charge in [-0.3, -0.25) is 0 Å². The maximum absolute atomic E-state index is 11.7. The van der Waals surface area contributed by atoms with Gasteiger partial charge in [0.15, 0.2) is 0 Å². The van der Waals surface area contributed by atoms with E-state index in [9.17, 15) is 10.2 Å². The van der Waals surface area contributed by atoms with Crippen LogP contribution in [0.5, 0.6) is 0 Å². The summed E-state index contributed by atoms with van der Waals surface area (Å²) in [6, 6.07) is 15.1. The third kappa shape index (κ3) is 3.00. The molecule has 0 bridgehead atoms. The van der Waals surface area contributed by atoms with Crippen molar-refractivity contribution < 1.29 is 10.2 Å². The molecular formula is C23H30O2. The van der Waals surface area contributed by atoms with E-state index in [1.165, 1.54) is 16.3 Å². The summed E-state index contributed by atoms with van der Waals surface area (Å²) in [6.45, 7) is 4.16. The summed E-state index contributed by atoms with van der Waals surface area (Å²) in [5, 5.41) is 25.0. The molecule has 2 saturated carbocycles. The zero-order chi connectivity index (χ0) is 17.7. The van der Waals surface area contributed by atoms with Crippen molar-refractivity contribution in [2.45, 2.75) is 63.6 Å². The molecule has 0 amide bonds. The maximum Gasteiger partial charge on any atom is 0.0733 e. The molecule has 0 spiro atoms. The molecule has 2 fully saturated rings. The average Bonchev–Trinajstić information content (AvgIpc) is 2.83. The van der Waals surface area contributed by atoms with Crippen molar-refractivity contribution >= 4 is 10.8 Å². The van der Waals surface area contributed by atoms with Crippen molar-refractivity contribution in [3.63, 3.8) is 0 Å². The Morgan fingerprint density at radius 3 is 2.56 bits per heavy atom. The van der Waals surface area contributed by atoms with Crippen LogP contribution in [0.25, 0.3) is 10.8 Å². The van der Waals surface area contributed by atoms with Gasteiger partial charge in [0.25, 0.3) is 0 Å². The fourth-order valence-corrected chi connectivity index (χ4v) is 5.59. The molecule has 25 heavy (non-hydrogen) atoms. The van der Waals surface area contributed by atoms with Gasteiger partial charge in [0.1, 0.15) is 0 Å². The van der Waals surface area contributed by atoms with Crippen molar-refractivity contribution in [2.24, 2.45) is 17.8 Å². The van der Waals surface area contributed by atoms with Crippen molar-refractivity contribution in [3.05, 3.63) is 48.0 Å². The molecule has 0 unspecified atom stereocenters. The smallest absolute Gasteiger partial charge is 0.0733 e. The lowest BCUT2D eigenvalue weighted by Crippen LogP contribution is -2.47. The molecule has 2 aromatic rings. The Balaban J connectivity index is 1.69. The number of hydrogen-bond acceptors (Lipinski definition) is 2. The Kier molecular flexibility index (Phi) is 4.16. The van der Waals surface area contributed by atoms with Gasteiger partial charge < -0.3 is 10.2 Å². The summed E-state index contributed by atoms with van der Waals surface area (Å²) in [4.78, 5) is 0. The molecule has 0 radical (unpaired) electrons. The summed E-state index contributed by atoms with van der Waals surface area (Å²) in [7, 11) is 0. The zero-order valence-electron chi connectivity index (χ0n) is 15.4. The van der Waals surface area contributed by atoms with Crippen LogP contribution in [0.1, 0.15) is 51.5 Å². The molecule has 0 aliphatic heterocycles. The highest BCUT2D eigenvalue weighted by Crippen LogP contribution is 2.53. The summed E-state index contributed by atoms with van der Waals surface area (Å²) in [5.74, 6) is 0.771. The second kappa shape index (κ2) is 6.10. The molecule has 2 heteroatoms. The number of fused-ring (bicyclic) bond motifs is 2. The van der Waals surface area contributed by atoms with Gasteiger partial charge in [0.05, 0.1) is 11.2 Å². The Hall–Kier alpha value is -1.38. The number of hydrogen-bond donors (Lipinski definition) is 2. The van der Waals surface area contributed by atoms with Crippen LogP contribution in [-0.2, 0) is 6.42 Å². The van der Waals surface area contributed by atoms with Gasteiger partial charge in [-0.15, -0.1) is 0 Å². The lowest BCUT2D eigenvalue weighted by atomic mass is 9.70. The Bertz CT molecular complexity index is 766. The van der Waals surface area contributed by atoms with Crippen LogP contribution < -0.4 is 0 Å². The summed E-state index contributed by atoms with van der Waals surface area (Å²) >= 11 is 0. The molecule has 2 aliphatic rings. The minimum absolute atomic E-state index is 0.119. The third-order valence-electron chi connectivity index (χ3n) is 7.06. The Labute approximate surface area is 150 Å².